The standard InChI is InChI=1S/C12H13NO3/c14-10-1-2-11-7(5-10)3-9-4-8(12(15)16)6-13(9)11/h1-2,5,8-9,14H,3-4,6H2,(H,15,16). The second-order valence-electron chi connectivity index (χ2n) is 4.59. The van der Waals surface area contributed by atoms with Gasteiger partial charge in [0.25, 0.3) is 0 Å². The minimum absolute atomic E-state index is 0.244. The fourth-order valence-electron chi connectivity index (χ4n) is 2.85. The summed E-state index contributed by atoms with van der Waals surface area (Å²) in [6.45, 7) is 0.595. The Morgan fingerprint density at radius 3 is 3.00 bits per heavy atom. The Kier molecular flexibility index (Phi) is 1.87. The van der Waals surface area contributed by atoms with E-state index in [1.807, 2.05) is 6.07 Å². The topological polar surface area (TPSA) is 60.8 Å². The zero-order valence-electron chi connectivity index (χ0n) is 8.76. The second kappa shape index (κ2) is 3.14. The maximum Gasteiger partial charge on any atom is 0.308 e. The van der Waals surface area contributed by atoms with Gasteiger partial charge in [0.05, 0.1) is 5.92 Å². The number of phenolic OH excluding ortho intramolecular Hbond substituents is 1. The molecule has 2 unspecified atom stereocenters. The van der Waals surface area contributed by atoms with E-state index < -0.39 is 5.97 Å². The Hall–Kier alpha value is -1.71. The quantitative estimate of drug-likeness (QED) is 0.745. The molecule has 0 aliphatic carbocycles. The molecule has 0 saturated carbocycles. The minimum atomic E-state index is -0.699. The average Bonchev–Trinajstić information content (AvgIpc) is 2.73. The third-order valence-corrected chi connectivity index (χ3v) is 3.59. The van der Waals surface area contributed by atoms with Crippen molar-refractivity contribution in [3.63, 3.8) is 0 Å². The molecule has 0 spiro atoms. The van der Waals surface area contributed by atoms with Gasteiger partial charge >= 0.3 is 5.97 Å². The van der Waals surface area contributed by atoms with Crippen molar-refractivity contribution in [3.8, 4) is 5.75 Å². The Morgan fingerprint density at radius 2 is 2.25 bits per heavy atom. The van der Waals surface area contributed by atoms with Crippen molar-refractivity contribution in [2.75, 3.05) is 11.4 Å². The van der Waals surface area contributed by atoms with Gasteiger partial charge in [-0.15, -0.1) is 0 Å². The van der Waals surface area contributed by atoms with Crippen molar-refractivity contribution in [2.24, 2.45) is 5.92 Å². The van der Waals surface area contributed by atoms with Crippen LogP contribution in [-0.2, 0) is 11.2 Å². The molecule has 4 heteroatoms. The van der Waals surface area contributed by atoms with Crippen molar-refractivity contribution in [1.82, 2.24) is 0 Å². The summed E-state index contributed by atoms with van der Waals surface area (Å²) < 4.78 is 0. The fraction of sp³-hybridized carbons (Fsp3) is 0.417. The van der Waals surface area contributed by atoms with Crippen LogP contribution >= 0.6 is 0 Å². The monoisotopic (exact) mass is 219 g/mol. The highest BCUT2D eigenvalue weighted by molar-refractivity contribution is 5.74. The molecular weight excluding hydrogens is 206 g/mol. The third kappa shape index (κ3) is 1.26. The van der Waals surface area contributed by atoms with E-state index in [0.29, 0.717) is 19.0 Å². The summed E-state index contributed by atoms with van der Waals surface area (Å²) in [4.78, 5) is 13.1. The molecule has 0 radical (unpaired) electrons. The molecule has 1 aromatic carbocycles. The Balaban J connectivity index is 1.91. The first-order valence-electron chi connectivity index (χ1n) is 5.46. The minimum Gasteiger partial charge on any atom is -0.508 e. The largest absolute Gasteiger partial charge is 0.508 e. The summed E-state index contributed by atoms with van der Waals surface area (Å²) in [6.07, 6.45) is 1.57. The number of rotatable bonds is 1. The molecule has 84 valence electrons. The molecule has 4 nitrogen and oxygen atoms in total. The lowest BCUT2D eigenvalue weighted by Crippen LogP contribution is -2.25. The van der Waals surface area contributed by atoms with E-state index in [1.54, 1.807) is 12.1 Å². The predicted octanol–water partition coefficient (Wildman–Crippen LogP) is 1.23. The number of aromatic hydroxyl groups is 1. The van der Waals surface area contributed by atoms with Crippen LogP contribution in [0.1, 0.15) is 12.0 Å². The number of hydrogen-bond acceptors (Lipinski definition) is 3. The summed E-state index contributed by atoms with van der Waals surface area (Å²) in [5.74, 6) is -0.656. The van der Waals surface area contributed by atoms with Gasteiger partial charge in [0, 0.05) is 18.3 Å². The molecule has 0 aromatic heterocycles. The summed E-state index contributed by atoms with van der Waals surface area (Å²) in [5, 5.41) is 18.4. The SMILES string of the molecule is O=C(O)C1CC2Cc3cc(O)ccc3N2C1. The van der Waals surface area contributed by atoms with E-state index in [1.165, 1.54) is 0 Å². The van der Waals surface area contributed by atoms with E-state index in [-0.39, 0.29) is 11.7 Å². The molecule has 0 bridgehead atoms. The van der Waals surface area contributed by atoms with Gasteiger partial charge < -0.3 is 15.1 Å². The van der Waals surface area contributed by atoms with E-state index in [4.69, 9.17) is 5.11 Å². The van der Waals surface area contributed by atoms with Gasteiger partial charge in [-0.25, -0.2) is 0 Å². The van der Waals surface area contributed by atoms with Crippen LogP contribution in [0.5, 0.6) is 5.75 Å². The van der Waals surface area contributed by atoms with Crippen LogP contribution in [-0.4, -0.2) is 28.8 Å². The number of benzene rings is 1. The van der Waals surface area contributed by atoms with Crippen LogP contribution in [0.2, 0.25) is 0 Å². The van der Waals surface area contributed by atoms with Gasteiger partial charge in [0.15, 0.2) is 0 Å². The molecule has 2 N–H and O–H groups in total. The number of anilines is 1. The highest BCUT2D eigenvalue weighted by Crippen LogP contribution is 2.40. The molecule has 2 aliphatic heterocycles. The lowest BCUT2D eigenvalue weighted by molar-refractivity contribution is -0.141. The van der Waals surface area contributed by atoms with Gasteiger partial charge in [-0.3, -0.25) is 4.79 Å². The van der Waals surface area contributed by atoms with Crippen LogP contribution in [0.3, 0.4) is 0 Å². The molecule has 1 saturated heterocycles. The first kappa shape index (κ1) is 9.51. The lowest BCUT2D eigenvalue weighted by atomic mass is 10.0. The average molecular weight is 219 g/mol. The first-order chi connectivity index (χ1) is 7.65. The Labute approximate surface area is 93.1 Å². The molecule has 2 aliphatic rings. The number of carboxylic acid groups (broad SMARTS) is 1. The summed E-state index contributed by atoms with van der Waals surface area (Å²) in [6, 6.07) is 5.63. The van der Waals surface area contributed by atoms with Crippen molar-refractivity contribution < 1.29 is 15.0 Å². The first-order valence-corrected chi connectivity index (χ1v) is 5.46. The molecule has 16 heavy (non-hydrogen) atoms. The molecule has 0 amide bonds. The highest BCUT2D eigenvalue weighted by Gasteiger charge is 2.40. The third-order valence-electron chi connectivity index (χ3n) is 3.59. The van der Waals surface area contributed by atoms with Crippen LogP contribution in [0.15, 0.2) is 18.2 Å². The van der Waals surface area contributed by atoms with Crippen molar-refractivity contribution in [1.29, 1.82) is 0 Å². The highest BCUT2D eigenvalue weighted by atomic mass is 16.4. The van der Waals surface area contributed by atoms with Crippen LogP contribution in [0.4, 0.5) is 5.69 Å². The van der Waals surface area contributed by atoms with Crippen LogP contribution < -0.4 is 4.90 Å². The van der Waals surface area contributed by atoms with Crippen LogP contribution in [0, 0.1) is 5.92 Å². The van der Waals surface area contributed by atoms with E-state index >= 15 is 0 Å². The number of nitrogens with zero attached hydrogens (tertiary/aromatic N) is 1. The normalized spacial score (nSPS) is 26.6. The predicted molar refractivity (Wildman–Crippen MR) is 58.7 cm³/mol. The summed E-state index contributed by atoms with van der Waals surface area (Å²) >= 11 is 0. The lowest BCUT2D eigenvalue weighted by Gasteiger charge is -2.18. The van der Waals surface area contributed by atoms with E-state index in [2.05, 4.69) is 4.90 Å². The number of carboxylic acids is 1. The van der Waals surface area contributed by atoms with Gasteiger partial charge in [-0.1, -0.05) is 0 Å². The molecule has 1 fully saturated rings. The smallest absolute Gasteiger partial charge is 0.308 e. The van der Waals surface area contributed by atoms with Gasteiger partial charge in [-0.05, 0) is 36.6 Å². The number of hydrogen-bond donors (Lipinski definition) is 2. The number of phenols is 1. The Bertz CT molecular complexity index is 458. The molecule has 1 aromatic rings. The van der Waals surface area contributed by atoms with E-state index in [0.717, 1.165) is 17.7 Å². The van der Waals surface area contributed by atoms with Gasteiger partial charge in [0.2, 0.25) is 0 Å². The van der Waals surface area contributed by atoms with Crippen molar-refractivity contribution in [2.45, 2.75) is 18.9 Å². The summed E-state index contributed by atoms with van der Waals surface area (Å²) in [5.41, 5.74) is 2.22. The molecular formula is C12H13NO3. The van der Waals surface area contributed by atoms with Gasteiger partial charge in [-0.2, -0.15) is 0 Å². The van der Waals surface area contributed by atoms with E-state index in [9.17, 15) is 9.90 Å². The van der Waals surface area contributed by atoms with Crippen molar-refractivity contribution in [3.05, 3.63) is 23.8 Å². The summed E-state index contributed by atoms with van der Waals surface area (Å²) in [7, 11) is 0. The maximum absolute atomic E-state index is 10.9. The molecule has 2 atom stereocenters. The maximum atomic E-state index is 10.9. The second-order valence-corrected chi connectivity index (χ2v) is 4.59. The fourth-order valence-corrected chi connectivity index (χ4v) is 2.85. The number of fused-ring (bicyclic) bond motifs is 3. The number of carbonyl (C=O) groups is 1. The van der Waals surface area contributed by atoms with Crippen LogP contribution in [0.25, 0.3) is 0 Å². The zero-order chi connectivity index (χ0) is 11.3. The Morgan fingerprint density at radius 1 is 1.44 bits per heavy atom. The molecule has 2 heterocycles. The van der Waals surface area contributed by atoms with Gasteiger partial charge in [0.1, 0.15) is 5.75 Å². The molecule has 3 rings (SSSR count). The van der Waals surface area contributed by atoms with Crippen molar-refractivity contribution >= 4 is 11.7 Å². The zero-order valence-corrected chi connectivity index (χ0v) is 8.76. The number of aliphatic carboxylic acids is 1.